The van der Waals surface area contributed by atoms with Crippen LogP contribution < -0.4 is 15.0 Å². The first-order valence-corrected chi connectivity index (χ1v) is 8.82. The molecule has 0 aromatic heterocycles. The molecule has 25 heavy (non-hydrogen) atoms. The average molecular weight is 370 g/mol. The van der Waals surface area contributed by atoms with Crippen molar-refractivity contribution in [2.75, 3.05) is 6.61 Å². The van der Waals surface area contributed by atoms with Gasteiger partial charge in [0, 0.05) is 11.6 Å². The fourth-order valence-electron chi connectivity index (χ4n) is 1.90. The van der Waals surface area contributed by atoms with Gasteiger partial charge in [-0.2, -0.15) is 0 Å². The molecule has 1 amide bonds. The Labute approximate surface area is 143 Å². The van der Waals surface area contributed by atoms with E-state index in [1.54, 1.807) is 4.83 Å². The zero-order valence-corrected chi connectivity index (χ0v) is 14.1. The van der Waals surface area contributed by atoms with Crippen LogP contribution in [0.2, 0.25) is 0 Å². The fourth-order valence-corrected chi connectivity index (χ4v) is 2.82. The van der Waals surface area contributed by atoms with E-state index < -0.39 is 32.5 Å². The summed E-state index contributed by atoms with van der Waals surface area (Å²) in [5.41, 5.74) is 1.76. The molecule has 2 rings (SSSR count). The maximum atomic E-state index is 13.6. The minimum absolute atomic E-state index is 0.143. The van der Waals surface area contributed by atoms with E-state index in [2.05, 4.69) is 0 Å². The van der Waals surface area contributed by atoms with Crippen molar-refractivity contribution in [3.8, 4) is 5.75 Å². The number of rotatable bonds is 7. The van der Waals surface area contributed by atoms with Crippen LogP contribution in [0.15, 0.2) is 47.4 Å². The van der Waals surface area contributed by atoms with Crippen molar-refractivity contribution in [1.82, 2.24) is 10.3 Å². The van der Waals surface area contributed by atoms with Gasteiger partial charge in [0.2, 0.25) is 0 Å². The highest BCUT2D eigenvalue weighted by Gasteiger charge is 2.20. The predicted octanol–water partition coefficient (Wildman–Crippen LogP) is 2.38. The Balaban J connectivity index is 2.12. The molecule has 0 heterocycles. The Hall–Kier alpha value is -2.52. The lowest BCUT2D eigenvalue weighted by Gasteiger charge is -2.10. The second-order valence-corrected chi connectivity index (χ2v) is 6.66. The molecule has 0 aliphatic rings. The molecule has 2 aromatic carbocycles. The molecule has 0 spiro atoms. The number of sulfonamides is 1. The topological polar surface area (TPSA) is 84.5 Å². The number of amides is 1. The van der Waals surface area contributed by atoms with E-state index in [9.17, 15) is 22.0 Å². The molecule has 0 saturated carbocycles. The summed E-state index contributed by atoms with van der Waals surface area (Å²) in [5.74, 6) is -2.45. The first kappa shape index (κ1) is 18.8. The van der Waals surface area contributed by atoms with Gasteiger partial charge in [0.1, 0.15) is 22.3 Å². The van der Waals surface area contributed by atoms with E-state index in [1.807, 2.05) is 12.3 Å². The van der Waals surface area contributed by atoms with Crippen molar-refractivity contribution in [2.24, 2.45) is 0 Å². The van der Waals surface area contributed by atoms with Gasteiger partial charge in [0.25, 0.3) is 15.9 Å². The van der Waals surface area contributed by atoms with Crippen LogP contribution in [0.3, 0.4) is 0 Å². The zero-order chi connectivity index (χ0) is 18.4. The lowest BCUT2D eigenvalue weighted by Crippen LogP contribution is -2.41. The van der Waals surface area contributed by atoms with Crippen LogP contribution in [0, 0.1) is 11.6 Å². The number of carbonyl (C=O) groups excluding carboxylic acids is 1. The van der Waals surface area contributed by atoms with Gasteiger partial charge in [-0.25, -0.2) is 17.2 Å². The van der Waals surface area contributed by atoms with Crippen LogP contribution in [0.5, 0.6) is 5.75 Å². The van der Waals surface area contributed by atoms with Crippen molar-refractivity contribution in [3.63, 3.8) is 0 Å². The summed E-state index contributed by atoms with van der Waals surface area (Å²) in [6.45, 7) is 2.20. The van der Waals surface area contributed by atoms with E-state index in [4.69, 9.17) is 4.74 Å². The molecule has 0 saturated heterocycles. The zero-order valence-electron chi connectivity index (χ0n) is 13.3. The Morgan fingerprint density at radius 2 is 1.88 bits per heavy atom. The van der Waals surface area contributed by atoms with E-state index in [-0.39, 0.29) is 11.3 Å². The van der Waals surface area contributed by atoms with Gasteiger partial charge in [0.15, 0.2) is 0 Å². The SMILES string of the molecule is CCCOc1cc(F)cc(C(=O)NNS(=O)(=O)c2ccccc2F)c1. The van der Waals surface area contributed by atoms with Crippen LogP contribution >= 0.6 is 0 Å². The molecular formula is C16H16F2N2O4S. The van der Waals surface area contributed by atoms with Crippen LogP contribution in [0.1, 0.15) is 23.7 Å². The van der Waals surface area contributed by atoms with Crippen molar-refractivity contribution < 1.29 is 26.7 Å². The van der Waals surface area contributed by atoms with Crippen LogP contribution in [-0.4, -0.2) is 20.9 Å². The van der Waals surface area contributed by atoms with Crippen LogP contribution in [0.25, 0.3) is 0 Å². The quantitative estimate of drug-likeness (QED) is 0.733. The summed E-state index contributed by atoms with van der Waals surface area (Å²) in [6.07, 6.45) is 0.695. The van der Waals surface area contributed by atoms with Gasteiger partial charge in [-0.3, -0.25) is 10.2 Å². The highest BCUT2D eigenvalue weighted by atomic mass is 32.2. The minimum Gasteiger partial charge on any atom is -0.493 e. The molecule has 0 radical (unpaired) electrons. The largest absolute Gasteiger partial charge is 0.493 e. The van der Waals surface area contributed by atoms with Gasteiger partial charge >= 0.3 is 0 Å². The van der Waals surface area contributed by atoms with Gasteiger partial charge in [-0.1, -0.05) is 19.1 Å². The maximum Gasteiger partial charge on any atom is 0.266 e. The second kappa shape index (κ2) is 8.04. The standard InChI is InChI=1S/C16H16F2N2O4S/c1-2-7-24-13-9-11(8-12(17)10-13)16(21)19-20-25(22,23)15-6-4-3-5-14(15)18/h3-6,8-10,20H,2,7H2,1H3,(H,19,21). The Morgan fingerprint density at radius 1 is 1.16 bits per heavy atom. The van der Waals surface area contributed by atoms with Crippen molar-refractivity contribution in [1.29, 1.82) is 0 Å². The Kier molecular flexibility index (Phi) is 6.05. The lowest BCUT2D eigenvalue weighted by molar-refractivity contribution is 0.0944. The third-order valence-corrected chi connectivity index (χ3v) is 4.31. The highest BCUT2D eigenvalue weighted by molar-refractivity contribution is 7.89. The number of nitrogens with one attached hydrogen (secondary N) is 2. The van der Waals surface area contributed by atoms with E-state index in [1.165, 1.54) is 18.2 Å². The summed E-state index contributed by atoms with van der Waals surface area (Å²) >= 11 is 0. The number of hydrazine groups is 1. The molecule has 0 unspecified atom stereocenters. The number of benzene rings is 2. The molecule has 2 aromatic rings. The number of ether oxygens (including phenoxy) is 1. The summed E-state index contributed by atoms with van der Waals surface area (Å²) in [5, 5.41) is 0. The molecule has 2 N–H and O–H groups in total. The first-order valence-electron chi connectivity index (χ1n) is 7.33. The monoisotopic (exact) mass is 370 g/mol. The second-order valence-electron chi connectivity index (χ2n) is 5.01. The van der Waals surface area contributed by atoms with Gasteiger partial charge in [-0.05, 0) is 30.7 Å². The minimum atomic E-state index is -4.31. The summed E-state index contributed by atoms with van der Waals surface area (Å²) in [6, 6.07) is 7.98. The van der Waals surface area contributed by atoms with Gasteiger partial charge in [-0.15, -0.1) is 4.83 Å². The number of hydrogen-bond acceptors (Lipinski definition) is 4. The van der Waals surface area contributed by atoms with Gasteiger partial charge in [0.05, 0.1) is 6.61 Å². The normalized spacial score (nSPS) is 11.2. The smallest absolute Gasteiger partial charge is 0.266 e. The summed E-state index contributed by atoms with van der Waals surface area (Å²) < 4.78 is 56.4. The van der Waals surface area contributed by atoms with Crippen LogP contribution in [-0.2, 0) is 10.0 Å². The van der Waals surface area contributed by atoms with Crippen LogP contribution in [0.4, 0.5) is 8.78 Å². The molecule has 134 valence electrons. The molecule has 0 fully saturated rings. The maximum absolute atomic E-state index is 13.6. The molecule has 0 atom stereocenters. The summed E-state index contributed by atoms with van der Waals surface area (Å²) in [4.78, 5) is 13.2. The molecule has 6 nitrogen and oxygen atoms in total. The molecule has 9 heteroatoms. The number of hydrogen-bond donors (Lipinski definition) is 2. The van der Waals surface area contributed by atoms with E-state index in [0.29, 0.717) is 13.0 Å². The third-order valence-electron chi connectivity index (χ3n) is 3.03. The lowest BCUT2D eigenvalue weighted by atomic mass is 10.2. The van der Waals surface area contributed by atoms with E-state index in [0.717, 1.165) is 24.3 Å². The molecule has 0 aliphatic carbocycles. The predicted molar refractivity (Wildman–Crippen MR) is 86.4 cm³/mol. The molecule has 0 bridgehead atoms. The van der Waals surface area contributed by atoms with Crippen molar-refractivity contribution >= 4 is 15.9 Å². The number of carbonyl (C=O) groups is 1. The molecular weight excluding hydrogens is 354 g/mol. The average Bonchev–Trinajstić information content (AvgIpc) is 2.57. The van der Waals surface area contributed by atoms with Gasteiger partial charge < -0.3 is 4.74 Å². The summed E-state index contributed by atoms with van der Waals surface area (Å²) in [7, 11) is -4.31. The fraction of sp³-hybridized carbons (Fsp3) is 0.188. The highest BCUT2D eigenvalue weighted by Crippen LogP contribution is 2.17. The van der Waals surface area contributed by atoms with E-state index >= 15 is 0 Å². The molecule has 0 aliphatic heterocycles. The Morgan fingerprint density at radius 3 is 2.56 bits per heavy atom. The number of halogens is 2. The first-order chi connectivity index (χ1) is 11.8. The third kappa shape index (κ3) is 4.97. The van der Waals surface area contributed by atoms with Crippen molar-refractivity contribution in [3.05, 3.63) is 59.7 Å². The van der Waals surface area contributed by atoms with Crippen molar-refractivity contribution in [2.45, 2.75) is 18.2 Å². The Bertz CT molecular complexity index is 872.